The van der Waals surface area contributed by atoms with E-state index in [2.05, 4.69) is 15.5 Å². The molecule has 1 aromatic carbocycles. The Hall–Kier alpha value is -2.77. The van der Waals surface area contributed by atoms with Crippen molar-refractivity contribution in [3.63, 3.8) is 0 Å². The van der Waals surface area contributed by atoms with Crippen molar-refractivity contribution in [1.82, 2.24) is 15.5 Å². The molecule has 8 nitrogen and oxygen atoms in total. The maximum absolute atomic E-state index is 11.7. The summed E-state index contributed by atoms with van der Waals surface area (Å²) < 4.78 is 5.12. The molecule has 2 rings (SSSR count). The highest BCUT2D eigenvalue weighted by molar-refractivity contribution is 5.76. The van der Waals surface area contributed by atoms with E-state index < -0.39 is 4.92 Å². The molecule has 24 heavy (non-hydrogen) atoms. The average Bonchev–Trinajstić information content (AvgIpc) is 2.94. The van der Waals surface area contributed by atoms with Crippen LogP contribution in [0.15, 0.2) is 28.8 Å². The minimum absolute atomic E-state index is 0.0269. The first-order valence-electron chi connectivity index (χ1n) is 7.59. The molecule has 1 aromatic heterocycles. The number of rotatable bonds is 6. The van der Waals surface area contributed by atoms with E-state index in [1.165, 1.54) is 12.1 Å². The Kier molecular flexibility index (Phi) is 5.28. The molecule has 1 N–H and O–H groups in total. The molecule has 0 aliphatic rings. The molecule has 0 spiro atoms. The number of nitro benzene ring substituents is 1. The second-order valence-electron chi connectivity index (χ2n) is 6.66. The first-order valence-corrected chi connectivity index (χ1v) is 7.59. The van der Waals surface area contributed by atoms with Gasteiger partial charge in [-0.15, -0.1) is 0 Å². The molecule has 0 fully saturated rings. The van der Waals surface area contributed by atoms with Crippen LogP contribution in [0.25, 0.3) is 11.4 Å². The van der Waals surface area contributed by atoms with Crippen molar-refractivity contribution < 1.29 is 14.2 Å². The number of hydrogen-bond donors (Lipinski definition) is 1. The first kappa shape index (κ1) is 17.6. The lowest BCUT2D eigenvalue weighted by Gasteiger charge is -2.16. The zero-order valence-corrected chi connectivity index (χ0v) is 13.9. The number of aromatic nitrogens is 2. The van der Waals surface area contributed by atoms with Gasteiger partial charge in [0.25, 0.3) is 5.69 Å². The minimum Gasteiger partial charge on any atom is -0.356 e. The fraction of sp³-hybridized carbons (Fsp3) is 0.438. The van der Waals surface area contributed by atoms with E-state index in [0.29, 0.717) is 30.8 Å². The Morgan fingerprint density at radius 3 is 2.79 bits per heavy atom. The second kappa shape index (κ2) is 7.20. The molecule has 0 saturated heterocycles. The fourth-order valence-corrected chi connectivity index (χ4v) is 2.09. The Bertz CT molecular complexity index is 734. The summed E-state index contributed by atoms with van der Waals surface area (Å²) in [7, 11) is 0. The fourth-order valence-electron chi connectivity index (χ4n) is 2.09. The highest BCUT2D eigenvalue weighted by Crippen LogP contribution is 2.21. The standard InChI is InChI=1S/C16H20N4O4/c1-16(2,3)10-13(21)17-8-7-14-18-15(19-24-14)11-5-4-6-12(9-11)20(22)23/h4-6,9H,7-8,10H2,1-3H3,(H,17,21). The van der Waals surface area contributed by atoms with Gasteiger partial charge in [0.2, 0.25) is 17.6 Å². The largest absolute Gasteiger partial charge is 0.356 e. The van der Waals surface area contributed by atoms with Crippen LogP contribution in [0.2, 0.25) is 0 Å². The van der Waals surface area contributed by atoms with Gasteiger partial charge in [-0.25, -0.2) is 0 Å². The van der Waals surface area contributed by atoms with E-state index in [1.54, 1.807) is 12.1 Å². The van der Waals surface area contributed by atoms with Gasteiger partial charge >= 0.3 is 0 Å². The van der Waals surface area contributed by atoms with E-state index in [0.717, 1.165) is 0 Å². The van der Waals surface area contributed by atoms with Gasteiger partial charge in [-0.2, -0.15) is 4.98 Å². The highest BCUT2D eigenvalue weighted by Gasteiger charge is 2.16. The molecule has 0 aliphatic heterocycles. The number of nitrogens with zero attached hydrogens (tertiary/aromatic N) is 3. The first-order chi connectivity index (χ1) is 11.2. The van der Waals surface area contributed by atoms with Crippen molar-refractivity contribution in [3.8, 4) is 11.4 Å². The van der Waals surface area contributed by atoms with Gasteiger partial charge in [0.05, 0.1) is 4.92 Å². The van der Waals surface area contributed by atoms with Crippen LogP contribution >= 0.6 is 0 Å². The second-order valence-corrected chi connectivity index (χ2v) is 6.66. The summed E-state index contributed by atoms with van der Waals surface area (Å²) >= 11 is 0. The van der Waals surface area contributed by atoms with Crippen LogP contribution in [0.4, 0.5) is 5.69 Å². The molecular weight excluding hydrogens is 312 g/mol. The van der Waals surface area contributed by atoms with Crippen molar-refractivity contribution >= 4 is 11.6 Å². The molecule has 1 heterocycles. The number of carbonyl (C=O) groups excluding carboxylic acids is 1. The molecule has 0 radical (unpaired) electrons. The molecule has 0 unspecified atom stereocenters. The zero-order chi connectivity index (χ0) is 17.7. The summed E-state index contributed by atoms with van der Waals surface area (Å²) in [6, 6.07) is 6.03. The third-order valence-electron chi connectivity index (χ3n) is 3.14. The molecule has 0 aliphatic carbocycles. The predicted molar refractivity (Wildman–Crippen MR) is 87.2 cm³/mol. The lowest BCUT2D eigenvalue weighted by Crippen LogP contribution is -2.29. The van der Waals surface area contributed by atoms with Crippen molar-refractivity contribution in [1.29, 1.82) is 0 Å². The van der Waals surface area contributed by atoms with E-state index >= 15 is 0 Å². The average molecular weight is 332 g/mol. The molecule has 1 amide bonds. The van der Waals surface area contributed by atoms with Crippen LogP contribution < -0.4 is 5.32 Å². The highest BCUT2D eigenvalue weighted by atomic mass is 16.6. The molecule has 0 saturated carbocycles. The lowest BCUT2D eigenvalue weighted by molar-refractivity contribution is -0.384. The van der Waals surface area contributed by atoms with Crippen LogP contribution in [-0.2, 0) is 11.2 Å². The Morgan fingerprint density at radius 1 is 1.38 bits per heavy atom. The summed E-state index contributed by atoms with van der Waals surface area (Å²) in [4.78, 5) is 26.3. The number of benzene rings is 1. The number of nitro groups is 1. The quantitative estimate of drug-likeness (QED) is 0.643. The Balaban J connectivity index is 1.93. The normalized spacial score (nSPS) is 11.3. The van der Waals surface area contributed by atoms with E-state index in [-0.39, 0.29) is 22.8 Å². The van der Waals surface area contributed by atoms with Crippen LogP contribution in [0.5, 0.6) is 0 Å². The number of nitrogens with one attached hydrogen (secondary N) is 1. The lowest BCUT2D eigenvalue weighted by atomic mass is 9.92. The maximum Gasteiger partial charge on any atom is 0.270 e. The van der Waals surface area contributed by atoms with Gasteiger partial charge < -0.3 is 9.84 Å². The van der Waals surface area contributed by atoms with Crippen molar-refractivity contribution in [2.24, 2.45) is 5.41 Å². The van der Waals surface area contributed by atoms with E-state index in [9.17, 15) is 14.9 Å². The smallest absolute Gasteiger partial charge is 0.270 e. The van der Waals surface area contributed by atoms with Gasteiger partial charge in [-0.1, -0.05) is 38.1 Å². The van der Waals surface area contributed by atoms with Crippen molar-refractivity contribution in [2.75, 3.05) is 6.54 Å². The Morgan fingerprint density at radius 2 is 2.12 bits per heavy atom. The summed E-state index contributed by atoms with van der Waals surface area (Å²) in [5, 5.41) is 17.4. The summed E-state index contributed by atoms with van der Waals surface area (Å²) in [5.41, 5.74) is 0.410. The molecule has 8 heteroatoms. The Labute approximate surface area is 139 Å². The topological polar surface area (TPSA) is 111 Å². The maximum atomic E-state index is 11.7. The van der Waals surface area contributed by atoms with E-state index in [4.69, 9.17) is 4.52 Å². The van der Waals surface area contributed by atoms with Crippen LogP contribution in [-0.4, -0.2) is 27.5 Å². The minimum atomic E-state index is -0.477. The third-order valence-corrected chi connectivity index (χ3v) is 3.14. The monoisotopic (exact) mass is 332 g/mol. The van der Waals surface area contributed by atoms with Gasteiger partial charge in [-0.05, 0) is 5.41 Å². The SMILES string of the molecule is CC(C)(C)CC(=O)NCCc1nc(-c2cccc([N+](=O)[O-])c2)no1. The summed E-state index contributed by atoms with van der Waals surface area (Å²) in [5.74, 6) is 0.628. The number of non-ortho nitro benzene ring substituents is 1. The van der Waals surface area contributed by atoms with Crippen molar-refractivity contribution in [2.45, 2.75) is 33.6 Å². The van der Waals surface area contributed by atoms with Crippen molar-refractivity contribution in [3.05, 3.63) is 40.3 Å². The number of carbonyl (C=O) groups is 1. The molecule has 0 atom stereocenters. The van der Waals surface area contributed by atoms with Gasteiger partial charge in [-0.3, -0.25) is 14.9 Å². The number of hydrogen-bond acceptors (Lipinski definition) is 6. The summed E-state index contributed by atoms with van der Waals surface area (Å²) in [6.45, 7) is 6.38. The van der Waals surface area contributed by atoms with Gasteiger partial charge in [0.1, 0.15) is 0 Å². The molecule has 128 valence electrons. The van der Waals surface area contributed by atoms with E-state index in [1.807, 2.05) is 20.8 Å². The predicted octanol–water partition coefficient (Wildman–Crippen LogP) is 2.74. The molecular formula is C16H20N4O4. The third kappa shape index (κ3) is 5.15. The molecule has 2 aromatic rings. The number of amides is 1. The van der Waals surface area contributed by atoms with Crippen LogP contribution in [0.3, 0.4) is 0 Å². The van der Waals surface area contributed by atoms with Crippen LogP contribution in [0.1, 0.15) is 33.1 Å². The van der Waals surface area contributed by atoms with Gasteiger partial charge in [0, 0.05) is 37.1 Å². The van der Waals surface area contributed by atoms with Gasteiger partial charge in [0.15, 0.2) is 0 Å². The summed E-state index contributed by atoms with van der Waals surface area (Å²) in [6.07, 6.45) is 0.841. The molecule has 0 bridgehead atoms. The van der Waals surface area contributed by atoms with Crippen LogP contribution in [0, 0.1) is 15.5 Å². The zero-order valence-electron chi connectivity index (χ0n) is 13.9.